The maximum atomic E-state index is 7.62. The predicted molar refractivity (Wildman–Crippen MR) is 151 cm³/mol. The fourth-order valence-corrected chi connectivity index (χ4v) is 6.95. The number of pyridine rings is 2. The average molecular weight is 471 g/mol. The quantitative estimate of drug-likeness (QED) is 0.0987. The van der Waals surface area contributed by atoms with Gasteiger partial charge in [0.25, 0.3) is 0 Å². The molecule has 0 N–H and O–H groups in total. The molecule has 0 unspecified atom stereocenters. The molecule has 1 saturated carbocycles. The molecule has 0 bridgehead atoms. The molecule has 1 aliphatic carbocycles. The number of rotatable bonds is 1. The number of nitrogens with zero attached hydrogens (tertiary/aromatic N) is 3. The lowest BCUT2D eigenvalue weighted by molar-refractivity contribution is -0.643. The first-order chi connectivity index (χ1) is 17.3. The molecule has 7 rings (SSSR count). The number of aromatic nitrogens is 2. The van der Waals surface area contributed by atoms with Crippen molar-refractivity contribution in [3.05, 3.63) is 76.8 Å². The Bertz CT molecular complexity index is 1900. The van der Waals surface area contributed by atoms with E-state index < -0.39 is 0 Å². The molecule has 0 amide bonds. The van der Waals surface area contributed by atoms with Crippen LogP contribution < -0.4 is 4.57 Å². The summed E-state index contributed by atoms with van der Waals surface area (Å²) in [6.45, 7) is 16.9. The highest BCUT2D eigenvalue weighted by Gasteiger charge is 2.30. The summed E-state index contributed by atoms with van der Waals surface area (Å²) >= 11 is 0. The Hall–Kier alpha value is -3.64. The van der Waals surface area contributed by atoms with E-state index in [1.54, 1.807) is 0 Å². The van der Waals surface area contributed by atoms with E-state index in [4.69, 9.17) is 6.57 Å². The Labute approximate surface area is 212 Å². The summed E-state index contributed by atoms with van der Waals surface area (Å²) in [7, 11) is 2.18. The first-order valence-electron chi connectivity index (χ1n) is 13.2. The van der Waals surface area contributed by atoms with Crippen LogP contribution in [0.3, 0.4) is 0 Å². The summed E-state index contributed by atoms with van der Waals surface area (Å²) in [4.78, 5) is 3.76. The van der Waals surface area contributed by atoms with Crippen LogP contribution in [0.2, 0.25) is 0 Å². The van der Waals surface area contributed by atoms with Crippen molar-refractivity contribution in [1.82, 2.24) is 4.40 Å². The highest BCUT2D eigenvalue weighted by Crippen LogP contribution is 2.46. The molecule has 178 valence electrons. The van der Waals surface area contributed by atoms with E-state index in [2.05, 4.69) is 91.2 Å². The van der Waals surface area contributed by atoms with E-state index in [0.29, 0.717) is 17.0 Å². The third-order valence-corrected chi connectivity index (χ3v) is 9.21. The van der Waals surface area contributed by atoms with Gasteiger partial charge in [0.15, 0.2) is 11.9 Å². The van der Waals surface area contributed by atoms with Crippen molar-refractivity contribution in [3.63, 3.8) is 0 Å². The average Bonchev–Trinajstić information content (AvgIpc) is 3.18. The second kappa shape index (κ2) is 7.20. The van der Waals surface area contributed by atoms with Gasteiger partial charge in [-0.25, -0.2) is 9.41 Å². The van der Waals surface area contributed by atoms with Crippen LogP contribution in [0.4, 0.5) is 5.69 Å². The molecule has 0 atom stereocenters. The fraction of sp³-hybridized carbons (Fsp3) is 0.333. The van der Waals surface area contributed by atoms with Gasteiger partial charge in [0.2, 0.25) is 5.52 Å². The van der Waals surface area contributed by atoms with Crippen molar-refractivity contribution in [2.24, 2.45) is 12.5 Å². The highest BCUT2D eigenvalue weighted by molar-refractivity contribution is 6.26. The Morgan fingerprint density at radius 3 is 2.47 bits per heavy atom. The Kier molecular flexibility index (Phi) is 4.33. The normalized spacial score (nSPS) is 16.7. The van der Waals surface area contributed by atoms with Gasteiger partial charge in [-0.15, -0.1) is 0 Å². The largest absolute Gasteiger partial charge is 0.308 e. The Balaban J connectivity index is 1.70. The molecule has 1 aliphatic rings. The maximum Gasteiger partial charge on any atom is 0.224 e. The molecule has 3 heteroatoms. The molecule has 3 nitrogen and oxygen atoms in total. The van der Waals surface area contributed by atoms with Gasteiger partial charge < -0.3 is 4.40 Å². The summed E-state index contributed by atoms with van der Waals surface area (Å²) in [5, 5.41) is 6.43. The van der Waals surface area contributed by atoms with Gasteiger partial charge in [0, 0.05) is 11.5 Å². The SMILES string of the molecule is [C-]#[N+]c1ccc2c(c1)c1cc(C)c(C)c3c1n2c1cc(C2CCC(C)(C)CC2)cc2cc[n+](C)c3c21. The van der Waals surface area contributed by atoms with Crippen LogP contribution >= 0.6 is 0 Å². The second-order valence-electron chi connectivity index (χ2n) is 12.0. The van der Waals surface area contributed by atoms with Gasteiger partial charge in [0.05, 0.1) is 33.9 Å². The van der Waals surface area contributed by atoms with Crippen LogP contribution in [0.5, 0.6) is 0 Å². The summed E-state index contributed by atoms with van der Waals surface area (Å²) in [5.41, 5.74) is 10.4. The molecule has 0 saturated heterocycles. The van der Waals surface area contributed by atoms with Gasteiger partial charge in [-0.1, -0.05) is 26.0 Å². The Morgan fingerprint density at radius 2 is 1.72 bits per heavy atom. The van der Waals surface area contributed by atoms with Crippen molar-refractivity contribution in [3.8, 4) is 0 Å². The van der Waals surface area contributed by atoms with Crippen LogP contribution in [-0.2, 0) is 7.05 Å². The molecule has 0 radical (unpaired) electrons. The van der Waals surface area contributed by atoms with Gasteiger partial charge in [0.1, 0.15) is 7.05 Å². The van der Waals surface area contributed by atoms with Crippen molar-refractivity contribution < 1.29 is 4.57 Å². The van der Waals surface area contributed by atoms with E-state index in [9.17, 15) is 0 Å². The standard InChI is InChI=1S/C33H32N3/c1-19-15-26-25-18-24(34-5)7-8-27(25)36-28-17-23(21-9-12-33(3,4)13-10-21)16-22-11-14-35(6)32(30(22)28)29(20(19)2)31(26)36/h7-8,11,14-18,21H,9-10,12-13H2,1-4,6H3/q+1. The van der Waals surface area contributed by atoms with E-state index in [-0.39, 0.29) is 0 Å². The minimum Gasteiger partial charge on any atom is -0.308 e. The van der Waals surface area contributed by atoms with Crippen molar-refractivity contribution >= 4 is 54.7 Å². The molecular formula is C33H32N3+. The van der Waals surface area contributed by atoms with Gasteiger partial charge >= 0.3 is 0 Å². The maximum absolute atomic E-state index is 7.62. The number of hydrogen-bond acceptors (Lipinski definition) is 0. The van der Waals surface area contributed by atoms with Gasteiger partial charge in [-0.05, 0) is 103 Å². The zero-order valence-corrected chi connectivity index (χ0v) is 21.9. The molecule has 6 aromatic rings. The fourth-order valence-electron chi connectivity index (χ4n) is 6.95. The van der Waals surface area contributed by atoms with Crippen molar-refractivity contribution in [2.75, 3.05) is 0 Å². The molecule has 1 fully saturated rings. The highest BCUT2D eigenvalue weighted by atomic mass is 15.0. The lowest BCUT2D eigenvalue weighted by atomic mass is 9.71. The Morgan fingerprint density at radius 1 is 0.944 bits per heavy atom. The minimum absolute atomic E-state index is 0.459. The lowest BCUT2D eigenvalue weighted by Gasteiger charge is -2.34. The zero-order chi connectivity index (χ0) is 24.9. The first kappa shape index (κ1) is 21.6. The molecule has 0 aliphatic heterocycles. The predicted octanol–water partition coefficient (Wildman–Crippen LogP) is 8.67. The molecule has 36 heavy (non-hydrogen) atoms. The van der Waals surface area contributed by atoms with Gasteiger partial charge in [-0.3, -0.25) is 0 Å². The number of fused-ring (bicyclic) bond motifs is 5. The lowest BCUT2D eigenvalue weighted by Crippen LogP contribution is -2.29. The van der Waals surface area contributed by atoms with Crippen LogP contribution in [0.1, 0.15) is 62.1 Å². The minimum atomic E-state index is 0.459. The third kappa shape index (κ3) is 2.82. The monoisotopic (exact) mass is 470 g/mol. The van der Waals surface area contributed by atoms with Crippen LogP contribution in [0.25, 0.3) is 53.8 Å². The molecular weight excluding hydrogens is 438 g/mol. The molecule has 3 heterocycles. The topological polar surface area (TPSA) is 12.6 Å². The van der Waals surface area contributed by atoms with Gasteiger partial charge in [-0.2, -0.15) is 0 Å². The third-order valence-electron chi connectivity index (χ3n) is 9.21. The number of aryl methyl sites for hydroxylation is 3. The van der Waals surface area contributed by atoms with E-state index in [1.807, 2.05) is 6.07 Å². The van der Waals surface area contributed by atoms with E-state index in [0.717, 1.165) is 0 Å². The molecule has 3 aromatic carbocycles. The van der Waals surface area contributed by atoms with Crippen molar-refractivity contribution in [2.45, 2.75) is 59.3 Å². The summed E-state index contributed by atoms with van der Waals surface area (Å²) in [6.07, 6.45) is 7.33. The van der Waals surface area contributed by atoms with Crippen LogP contribution in [0, 0.1) is 25.8 Å². The molecule has 3 aromatic heterocycles. The van der Waals surface area contributed by atoms with Crippen LogP contribution in [-0.4, -0.2) is 4.40 Å². The van der Waals surface area contributed by atoms with Crippen molar-refractivity contribution in [1.29, 1.82) is 0 Å². The van der Waals surface area contributed by atoms with Crippen LogP contribution in [0.15, 0.2) is 48.7 Å². The number of hydrogen-bond donors (Lipinski definition) is 0. The summed E-state index contributed by atoms with van der Waals surface area (Å²) < 4.78 is 4.81. The van der Waals surface area contributed by atoms with E-state index >= 15 is 0 Å². The summed E-state index contributed by atoms with van der Waals surface area (Å²) in [5.74, 6) is 0.614. The first-order valence-corrected chi connectivity index (χ1v) is 13.2. The number of benzene rings is 3. The zero-order valence-electron chi connectivity index (χ0n) is 21.9. The molecule has 0 spiro atoms. The summed E-state index contributed by atoms with van der Waals surface area (Å²) in [6, 6.07) is 15.8. The smallest absolute Gasteiger partial charge is 0.224 e. The second-order valence-corrected chi connectivity index (χ2v) is 12.0. The van der Waals surface area contributed by atoms with E-state index in [1.165, 1.54) is 91.4 Å².